The van der Waals surface area contributed by atoms with Gasteiger partial charge in [0, 0.05) is 18.7 Å². The molecule has 1 aromatic heterocycles. The van der Waals surface area contributed by atoms with Crippen molar-refractivity contribution in [3.8, 4) is 0 Å². The van der Waals surface area contributed by atoms with E-state index in [1.165, 1.54) is 0 Å². The number of rotatable bonds is 9. The maximum Gasteiger partial charge on any atom is 0.251 e. The summed E-state index contributed by atoms with van der Waals surface area (Å²) in [5.74, 6) is 0.621. The van der Waals surface area contributed by atoms with Gasteiger partial charge in [-0.2, -0.15) is 0 Å². The molecule has 0 unspecified atom stereocenters. The van der Waals surface area contributed by atoms with Gasteiger partial charge >= 0.3 is 0 Å². The Kier molecular flexibility index (Phi) is 7.45. The van der Waals surface area contributed by atoms with Gasteiger partial charge in [0.15, 0.2) is 0 Å². The van der Waals surface area contributed by atoms with Gasteiger partial charge in [0.1, 0.15) is 12.4 Å². The van der Waals surface area contributed by atoms with Gasteiger partial charge < -0.3 is 14.8 Å². The first-order valence-electron chi connectivity index (χ1n) is 11.0. The zero-order valence-corrected chi connectivity index (χ0v) is 18.9. The third-order valence-corrected chi connectivity index (χ3v) is 5.40. The van der Waals surface area contributed by atoms with Crippen LogP contribution < -0.4 is 5.32 Å². The summed E-state index contributed by atoms with van der Waals surface area (Å²) >= 11 is 0. The number of nitrogens with zero attached hydrogens (tertiary/aromatic N) is 3. The first-order valence-corrected chi connectivity index (χ1v) is 11.0. The second kappa shape index (κ2) is 10.2. The minimum absolute atomic E-state index is 0.0776. The SMILES string of the molecule is CCCN(CCC)C(=O)Cn1c(CNC(=O)c2ccc(C)cc2C)nc2ccccc21. The number of aromatic nitrogens is 2. The summed E-state index contributed by atoms with van der Waals surface area (Å²) in [7, 11) is 0. The highest BCUT2D eigenvalue weighted by atomic mass is 16.2. The van der Waals surface area contributed by atoms with Gasteiger partial charge in [0.05, 0.1) is 17.6 Å². The number of amides is 2. The van der Waals surface area contributed by atoms with E-state index in [9.17, 15) is 9.59 Å². The van der Waals surface area contributed by atoms with Crippen LogP contribution in [0.2, 0.25) is 0 Å². The second-order valence-corrected chi connectivity index (χ2v) is 7.98. The molecule has 0 fully saturated rings. The summed E-state index contributed by atoms with van der Waals surface area (Å²) in [6.45, 7) is 10.1. The molecule has 0 radical (unpaired) electrons. The van der Waals surface area contributed by atoms with Gasteiger partial charge in [0.25, 0.3) is 5.91 Å². The maximum atomic E-state index is 13.0. The van der Waals surface area contributed by atoms with E-state index < -0.39 is 0 Å². The molecule has 2 aromatic carbocycles. The fourth-order valence-corrected chi connectivity index (χ4v) is 3.90. The van der Waals surface area contributed by atoms with Gasteiger partial charge in [-0.25, -0.2) is 4.98 Å². The number of fused-ring (bicyclic) bond motifs is 1. The summed E-state index contributed by atoms with van der Waals surface area (Å²) in [6, 6.07) is 13.6. The van der Waals surface area contributed by atoms with Crippen LogP contribution in [0, 0.1) is 13.8 Å². The quantitative estimate of drug-likeness (QED) is 0.563. The van der Waals surface area contributed by atoms with Crippen molar-refractivity contribution in [2.75, 3.05) is 13.1 Å². The van der Waals surface area contributed by atoms with Crippen molar-refractivity contribution >= 4 is 22.8 Å². The molecule has 0 saturated carbocycles. The van der Waals surface area contributed by atoms with E-state index in [-0.39, 0.29) is 24.9 Å². The first kappa shape index (κ1) is 22.5. The predicted molar refractivity (Wildman–Crippen MR) is 124 cm³/mol. The maximum absolute atomic E-state index is 13.0. The molecule has 0 atom stereocenters. The van der Waals surface area contributed by atoms with E-state index in [4.69, 9.17) is 4.98 Å². The van der Waals surface area contributed by atoms with Crippen molar-refractivity contribution in [3.05, 3.63) is 65.0 Å². The topological polar surface area (TPSA) is 67.2 Å². The zero-order chi connectivity index (χ0) is 22.4. The molecule has 1 N–H and O–H groups in total. The summed E-state index contributed by atoms with van der Waals surface area (Å²) in [6.07, 6.45) is 1.85. The summed E-state index contributed by atoms with van der Waals surface area (Å²) in [4.78, 5) is 32.4. The van der Waals surface area contributed by atoms with Crippen LogP contribution in [0.3, 0.4) is 0 Å². The molecule has 6 heteroatoms. The highest BCUT2D eigenvalue weighted by molar-refractivity contribution is 5.95. The highest BCUT2D eigenvalue weighted by Crippen LogP contribution is 2.17. The Morgan fingerprint density at radius 1 is 1.03 bits per heavy atom. The number of aryl methyl sites for hydroxylation is 2. The standard InChI is InChI=1S/C25H32N4O2/c1-5-13-28(14-6-2)24(30)17-29-22-10-8-7-9-21(22)27-23(29)16-26-25(31)20-12-11-18(3)15-19(20)4/h7-12,15H,5-6,13-14,16-17H2,1-4H3,(H,26,31). The average molecular weight is 421 g/mol. The Balaban J connectivity index is 1.83. The number of benzene rings is 2. The Morgan fingerprint density at radius 2 is 1.74 bits per heavy atom. The van der Waals surface area contributed by atoms with E-state index in [1.807, 2.05) is 65.8 Å². The molecule has 0 saturated heterocycles. The van der Waals surface area contributed by atoms with E-state index in [1.54, 1.807) is 0 Å². The molecule has 3 aromatic rings. The molecule has 0 bridgehead atoms. The number of hydrogen-bond donors (Lipinski definition) is 1. The third-order valence-electron chi connectivity index (χ3n) is 5.40. The average Bonchev–Trinajstić information content (AvgIpc) is 3.09. The number of imidazole rings is 1. The van der Waals surface area contributed by atoms with Crippen LogP contribution in [0.15, 0.2) is 42.5 Å². The molecule has 3 rings (SSSR count). The van der Waals surface area contributed by atoms with Crippen LogP contribution in [0.4, 0.5) is 0 Å². The van der Waals surface area contributed by atoms with Crippen LogP contribution in [0.5, 0.6) is 0 Å². The molecule has 6 nitrogen and oxygen atoms in total. The molecule has 164 valence electrons. The Morgan fingerprint density at radius 3 is 2.42 bits per heavy atom. The number of nitrogens with one attached hydrogen (secondary N) is 1. The summed E-state index contributed by atoms with van der Waals surface area (Å²) < 4.78 is 1.93. The van der Waals surface area contributed by atoms with Gasteiger partial charge in [-0.15, -0.1) is 0 Å². The van der Waals surface area contributed by atoms with Crippen molar-refractivity contribution < 1.29 is 9.59 Å². The fourth-order valence-electron chi connectivity index (χ4n) is 3.90. The van der Waals surface area contributed by atoms with Gasteiger partial charge in [-0.05, 0) is 50.5 Å². The summed E-state index contributed by atoms with van der Waals surface area (Å²) in [5.41, 5.74) is 4.44. The number of carbonyl (C=O) groups is 2. The molecule has 0 aliphatic rings. The highest BCUT2D eigenvalue weighted by Gasteiger charge is 2.18. The molecule has 0 aliphatic carbocycles. The number of hydrogen-bond acceptors (Lipinski definition) is 3. The van der Waals surface area contributed by atoms with Crippen molar-refractivity contribution in [1.29, 1.82) is 0 Å². The van der Waals surface area contributed by atoms with Crippen LogP contribution in [0.25, 0.3) is 11.0 Å². The Hall–Kier alpha value is -3.15. The van der Waals surface area contributed by atoms with E-state index >= 15 is 0 Å². The fraction of sp³-hybridized carbons (Fsp3) is 0.400. The molecular formula is C25H32N4O2. The van der Waals surface area contributed by atoms with E-state index in [0.717, 1.165) is 48.1 Å². The van der Waals surface area contributed by atoms with Crippen molar-refractivity contribution in [2.24, 2.45) is 0 Å². The summed E-state index contributed by atoms with van der Waals surface area (Å²) in [5, 5.41) is 2.98. The zero-order valence-electron chi connectivity index (χ0n) is 18.9. The van der Waals surface area contributed by atoms with Gasteiger partial charge in [-0.3, -0.25) is 9.59 Å². The molecule has 0 spiro atoms. The lowest BCUT2D eigenvalue weighted by Crippen LogP contribution is -2.36. The first-order chi connectivity index (χ1) is 14.9. The van der Waals surface area contributed by atoms with Crippen LogP contribution >= 0.6 is 0 Å². The van der Waals surface area contributed by atoms with Crippen LogP contribution in [0.1, 0.15) is 54.0 Å². The van der Waals surface area contributed by atoms with Gasteiger partial charge in [-0.1, -0.05) is 43.7 Å². The predicted octanol–water partition coefficient (Wildman–Crippen LogP) is 4.23. The third kappa shape index (κ3) is 5.32. The molecule has 31 heavy (non-hydrogen) atoms. The van der Waals surface area contributed by atoms with Crippen LogP contribution in [-0.4, -0.2) is 39.4 Å². The second-order valence-electron chi connectivity index (χ2n) is 7.98. The van der Waals surface area contributed by atoms with Crippen molar-refractivity contribution in [3.63, 3.8) is 0 Å². The lowest BCUT2D eigenvalue weighted by Gasteiger charge is -2.22. The van der Waals surface area contributed by atoms with Crippen molar-refractivity contribution in [2.45, 2.75) is 53.6 Å². The minimum atomic E-state index is -0.138. The largest absolute Gasteiger partial charge is 0.345 e. The Bertz CT molecular complexity index is 1060. The monoisotopic (exact) mass is 420 g/mol. The lowest BCUT2D eigenvalue weighted by atomic mass is 10.1. The minimum Gasteiger partial charge on any atom is -0.345 e. The van der Waals surface area contributed by atoms with E-state index in [2.05, 4.69) is 19.2 Å². The molecular weight excluding hydrogens is 388 g/mol. The number of carbonyl (C=O) groups excluding carboxylic acids is 2. The molecule has 1 heterocycles. The molecule has 2 amide bonds. The van der Waals surface area contributed by atoms with E-state index in [0.29, 0.717) is 11.4 Å². The lowest BCUT2D eigenvalue weighted by molar-refractivity contribution is -0.131. The smallest absolute Gasteiger partial charge is 0.251 e. The van der Waals surface area contributed by atoms with Crippen LogP contribution in [-0.2, 0) is 17.9 Å². The van der Waals surface area contributed by atoms with Gasteiger partial charge in [0.2, 0.25) is 5.91 Å². The Labute approximate surface area is 184 Å². The molecule has 0 aliphatic heterocycles. The van der Waals surface area contributed by atoms with Crippen molar-refractivity contribution in [1.82, 2.24) is 19.8 Å². The normalized spacial score (nSPS) is 11.0. The number of para-hydroxylation sites is 2.